The largest absolute Gasteiger partial charge is 0.429 e. The van der Waals surface area contributed by atoms with Gasteiger partial charge in [0.15, 0.2) is 0 Å². The molecule has 0 aliphatic heterocycles. The monoisotopic (exact) mass is 382 g/mol. The molecule has 0 spiro atoms. The molecule has 1 fully saturated rings. The van der Waals surface area contributed by atoms with Crippen LogP contribution < -0.4 is 4.74 Å². The van der Waals surface area contributed by atoms with Gasteiger partial charge >= 0.3 is 6.11 Å². The summed E-state index contributed by atoms with van der Waals surface area (Å²) in [5.41, 5.74) is 0.592. The summed E-state index contributed by atoms with van der Waals surface area (Å²) in [7, 11) is 0. The number of benzene rings is 2. The van der Waals surface area contributed by atoms with Crippen LogP contribution in [0.1, 0.15) is 56.1 Å². The Bertz CT molecular complexity index is 737. The minimum Gasteiger partial charge on any atom is -0.429 e. The maximum Gasteiger partial charge on any atom is 0.426 e. The van der Waals surface area contributed by atoms with Crippen molar-refractivity contribution in [1.82, 2.24) is 0 Å². The maximum atomic E-state index is 14.3. The lowest BCUT2D eigenvalue weighted by Gasteiger charge is -2.28. The molecule has 26 heavy (non-hydrogen) atoms. The summed E-state index contributed by atoms with van der Waals surface area (Å²) in [5.74, 6) is 0.451. The van der Waals surface area contributed by atoms with Gasteiger partial charge in [0, 0.05) is 0 Å². The first-order chi connectivity index (χ1) is 12.4. The number of hydrogen-bond donors (Lipinski definition) is 0. The van der Waals surface area contributed by atoms with Crippen molar-refractivity contribution in [3.63, 3.8) is 0 Å². The predicted molar refractivity (Wildman–Crippen MR) is 97.4 cm³/mol. The third kappa shape index (κ3) is 4.35. The summed E-state index contributed by atoms with van der Waals surface area (Å²) in [5, 5.41) is -0.202. The number of rotatable bonds is 5. The summed E-state index contributed by atoms with van der Waals surface area (Å²) in [6.45, 7) is 2.23. The fraction of sp³-hybridized carbons (Fsp3) is 0.429. The SMILES string of the molecule is CCC1CCC(c2ccc(OC(F)(F)c3ccc(Cl)c(F)c3)cc2)CC1. The minimum absolute atomic E-state index is 0.0522. The van der Waals surface area contributed by atoms with Gasteiger partial charge in [-0.3, -0.25) is 0 Å². The van der Waals surface area contributed by atoms with Gasteiger partial charge in [0.25, 0.3) is 0 Å². The fourth-order valence-corrected chi connectivity index (χ4v) is 3.71. The molecule has 1 aliphatic carbocycles. The fourth-order valence-electron chi connectivity index (χ4n) is 3.60. The van der Waals surface area contributed by atoms with Gasteiger partial charge in [-0.1, -0.05) is 37.1 Å². The average molecular weight is 383 g/mol. The predicted octanol–water partition coefficient (Wildman–Crippen LogP) is 7.29. The van der Waals surface area contributed by atoms with Crippen LogP contribution >= 0.6 is 11.6 Å². The van der Waals surface area contributed by atoms with Crippen LogP contribution in [-0.4, -0.2) is 0 Å². The molecule has 0 unspecified atom stereocenters. The highest BCUT2D eigenvalue weighted by molar-refractivity contribution is 6.30. The maximum absolute atomic E-state index is 14.3. The lowest BCUT2D eigenvalue weighted by atomic mass is 9.78. The van der Waals surface area contributed by atoms with E-state index in [0.717, 1.165) is 36.5 Å². The minimum atomic E-state index is -3.63. The molecular weight excluding hydrogens is 361 g/mol. The normalized spacial score (nSPS) is 20.8. The topological polar surface area (TPSA) is 9.23 Å². The Morgan fingerprint density at radius 3 is 2.27 bits per heavy atom. The molecule has 2 aromatic rings. The highest BCUT2D eigenvalue weighted by atomic mass is 35.5. The molecule has 0 radical (unpaired) electrons. The third-order valence-corrected chi connectivity index (χ3v) is 5.58. The van der Waals surface area contributed by atoms with Gasteiger partial charge in [-0.25, -0.2) is 4.39 Å². The number of ether oxygens (including phenoxy) is 1. The van der Waals surface area contributed by atoms with Gasteiger partial charge in [-0.2, -0.15) is 8.78 Å². The van der Waals surface area contributed by atoms with Crippen LogP contribution in [0.5, 0.6) is 5.75 Å². The van der Waals surface area contributed by atoms with Crippen molar-refractivity contribution in [1.29, 1.82) is 0 Å². The van der Waals surface area contributed by atoms with Crippen molar-refractivity contribution in [3.05, 3.63) is 64.4 Å². The number of hydrogen-bond acceptors (Lipinski definition) is 1. The van der Waals surface area contributed by atoms with Gasteiger partial charge in [-0.05, 0) is 73.4 Å². The second kappa shape index (κ2) is 7.91. The molecule has 1 nitrogen and oxygen atoms in total. The van der Waals surface area contributed by atoms with Gasteiger partial charge in [0.1, 0.15) is 11.6 Å². The molecule has 1 aliphatic rings. The smallest absolute Gasteiger partial charge is 0.426 e. The Balaban J connectivity index is 1.67. The van der Waals surface area contributed by atoms with Gasteiger partial charge in [0.2, 0.25) is 0 Å². The first kappa shape index (κ1) is 19.1. The molecule has 3 rings (SSSR count). The summed E-state index contributed by atoms with van der Waals surface area (Å²) >= 11 is 5.54. The van der Waals surface area contributed by atoms with E-state index in [1.54, 1.807) is 12.1 Å². The molecule has 140 valence electrons. The highest BCUT2D eigenvalue weighted by Gasteiger charge is 2.35. The van der Waals surface area contributed by atoms with E-state index in [2.05, 4.69) is 6.92 Å². The molecule has 1 saturated carbocycles. The summed E-state index contributed by atoms with van der Waals surface area (Å²) in [4.78, 5) is 0. The number of alkyl halides is 2. The molecule has 2 aromatic carbocycles. The highest BCUT2D eigenvalue weighted by Crippen LogP contribution is 2.38. The lowest BCUT2D eigenvalue weighted by Crippen LogP contribution is -2.22. The molecule has 0 heterocycles. The molecule has 0 saturated heterocycles. The van der Waals surface area contributed by atoms with E-state index < -0.39 is 17.5 Å². The van der Waals surface area contributed by atoms with E-state index in [-0.39, 0.29) is 10.8 Å². The third-order valence-electron chi connectivity index (χ3n) is 5.28. The van der Waals surface area contributed by atoms with Gasteiger partial charge in [-0.15, -0.1) is 0 Å². The van der Waals surface area contributed by atoms with Crippen LogP contribution in [0.2, 0.25) is 5.02 Å². The first-order valence-corrected chi connectivity index (χ1v) is 9.39. The summed E-state index contributed by atoms with van der Waals surface area (Å²) in [6, 6.07) is 9.67. The van der Waals surface area contributed by atoms with E-state index in [1.165, 1.54) is 19.3 Å². The Labute approximate surface area is 157 Å². The molecule has 0 N–H and O–H groups in total. The summed E-state index contributed by atoms with van der Waals surface area (Å²) < 4.78 is 46.8. The van der Waals surface area contributed by atoms with Crippen LogP contribution in [0.3, 0.4) is 0 Å². The van der Waals surface area contributed by atoms with Crippen LogP contribution in [0.15, 0.2) is 42.5 Å². The molecule has 0 amide bonds. The first-order valence-electron chi connectivity index (χ1n) is 9.01. The molecule has 5 heteroatoms. The van der Waals surface area contributed by atoms with E-state index in [9.17, 15) is 13.2 Å². The number of halogens is 4. The Kier molecular flexibility index (Phi) is 5.81. The zero-order valence-electron chi connectivity index (χ0n) is 14.7. The molecule has 0 bridgehead atoms. The standard InChI is InChI=1S/C21H22ClF3O/c1-2-14-3-5-15(6-4-14)16-7-10-18(11-8-16)26-21(24,25)17-9-12-19(22)20(23)13-17/h7-15H,2-6H2,1H3. The average Bonchev–Trinajstić information content (AvgIpc) is 2.64. The van der Waals surface area contributed by atoms with Crippen molar-refractivity contribution < 1.29 is 17.9 Å². The second-order valence-corrected chi connectivity index (χ2v) is 7.35. The van der Waals surface area contributed by atoms with E-state index in [4.69, 9.17) is 16.3 Å². The second-order valence-electron chi connectivity index (χ2n) is 6.94. The van der Waals surface area contributed by atoms with E-state index >= 15 is 0 Å². The van der Waals surface area contributed by atoms with Crippen molar-refractivity contribution >= 4 is 11.6 Å². The van der Waals surface area contributed by atoms with Crippen molar-refractivity contribution in [2.45, 2.75) is 51.1 Å². The zero-order chi connectivity index (χ0) is 18.7. The Hall–Kier alpha value is -1.68. The Morgan fingerprint density at radius 1 is 1.04 bits per heavy atom. The van der Waals surface area contributed by atoms with Crippen molar-refractivity contribution in [3.8, 4) is 5.75 Å². The molecular formula is C21H22ClF3O. The van der Waals surface area contributed by atoms with Crippen LogP contribution in [0.25, 0.3) is 0 Å². The van der Waals surface area contributed by atoms with Gasteiger partial charge in [0.05, 0.1) is 10.6 Å². The van der Waals surface area contributed by atoms with E-state index in [0.29, 0.717) is 12.0 Å². The van der Waals surface area contributed by atoms with Crippen molar-refractivity contribution in [2.75, 3.05) is 0 Å². The van der Waals surface area contributed by atoms with Gasteiger partial charge < -0.3 is 4.74 Å². The summed E-state index contributed by atoms with van der Waals surface area (Å²) in [6.07, 6.45) is 2.31. The van der Waals surface area contributed by atoms with Crippen LogP contribution in [0, 0.1) is 11.7 Å². The van der Waals surface area contributed by atoms with Crippen LogP contribution in [0.4, 0.5) is 13.2 Å². The van der Waals surface area contributed by atoms with Crippen LogP contribution in [-0.2, 0) is 6.11 Å². The zero-order valence-corrected chi connectivity index (χ0v) is 15.4. The van der Waals surface area contributed by atoms with Crippen molar-refractivity contribution in [2.24, 2.45) is 5.92 Å². The van der Waals surface area contributed by atoms with E-state index in [1.807, 2.05) is 12.1 Å². The molecule has 0 atom stereocenters. The lowest BCUT2D eigenvalue weighted by molar-refractivity contribution is -0.185. The Morgan fingerprint density at radius 2 is 1.69 bits per heavy atom. The quantitative estimate of drug-likeness (QED) is 0.527. The molecule has 0 aromatic heterocycles.